The molecule has 2 aromatic carbocycles. The molecule has 144 valence electrons. The number of benzene rings is 2. The van der Waals surface area contributed by atoms with Gasteiger partial charge in [-0.3, -0.25) is 9.48 Å². The standard InChI is InChI=1S/C22H24N4O2/c1-16-19(20(27)26(25(16)2)18-11-7-4-8-12-18)24-21(28)23-15-22(13-14-22)17-9-5-3-6-10-17/h3-12H,13-15H2,1-2H3,(H2,23,24,28). The number of urea groups is 1. The Kier molecular flexibility index (Phi) is 4.55. The highest BCUT2D eigenvalue weighted by Crippen LogP contribution is 2.47. The van der Waals surface area contributed by atoms with Gasteiger partial charge in [0.15, 0.2) is 0 Å². The Balaban J connectivity index is 1.49. The molecule has 2 amide bonds. The molecule has 2 N–H and O–H groups in total. The second kappa shape index (κ2) is 7.03. The van der Waals surface area contributed by atoms with Crippen molar-refractivity contribution in [2.45, 2.75) is 25.2 Å². The Labute approximate surface area is 163 Å². The number of rotatable bonds is 5. The molecule has 1 heterocycles. The highest BCUT2D eigenvalue weighted by molar-refractivity contribution is 5.89. The number of aromatic nitrogens is 2. The SMILES string of the molecule is Cc1c(NC(=O)NCC2(c3ccccc3)CC2)c(=O)n(-c2ccccc2)n1C. The van der Waals surface area contributed by atoms with Crippen molar-refractivity contribution in [1.82, 2.24) is 14.7 Å². The first-order chi connectivity index (χ1) is 13.5. The van der Waals surface area contributed by atoms with E-state index >= 15 is 0 Å². The minimum atomic E-state index is -0.354. The molecule has 0 spiro atoms. The van der Waals surface area contributed by atoms with Crippen LogP contribution in [0.15, 0.2) is 65.5 Å². The van der Waals surface area contributed by atoms with Gasteiger partial charge in [0, 0.05) is 19.0 Å². The first kappa shape index (κ1) is 18.1. The van der Waals surface area contributed by atoms with Crippen LogP contribution in [0.1, 0.15) is 24.1 Å². The van der Waals surface area contributed by atoms with Crippen LogP contribution < -0.4 is 16.2 Å². The number of amides is 2. The van der Waals surface area contributed by atoms with Gasteiger partial charge in [-0.25, -0.2) is 9.48 Å². The first-order valence-electron chi connectivity index (χ1n) is 9.46. The number of hydrogen-bond acceptors (Lipinski definition) is 2. The lowest BCUT2D eigenvalue weighted by Crippen LogP contribution is -2.36. The van der Waals surface area contributed by atoms with Crippen molar-refractivity contribution in [3.63, 3.8) is 0 Å². The van der Waals surface area contributed by atoms with Crippen molar-refractivity contribution < 1.29 is 4.79 Å². The van der Waals surface area contributed by atoms with Crippen molar-refractivity contribution in [3.8, 4) is 5.69 Å². The fraction of sp³-hybridized carbons (Fsp3) is 0.273. The van der Waals surface area contributed by atoms with Gasteiger partial charge in [0.2, 0.25) is 0 Å². The zero-order valence-corrected chi connectivity index (χ0v) is 16.1. The molecule has 1 aromatic heterocycles. The second-order valence-corrected chi connectivity index (χ2v) is 7.39. The number of nitrogens with zero attached hydrogens (tertiary/aromatic N) is 2. The van der Waals surface area contributed by atoms with Gasteiger partial charge in [0.1, 0.15) is 5.69 Å². The number of hydrogen-bond donors (Lipinski definition) is 2. The minimum absolute atomic E-state index is 0.0224. The van der Waals surface area contributed by atoms with Crippen molar-refractivity contribution in [2.24, 2.45) is 7.05 Å². The average molecular weight is 376 g/mol. The molecule has 1 saturated carbocycles. The van der Waals surface area contributed by atoms with Gasteiger partial charge in [-0.2, -0.15) is 0 Å². The molecule has 6 nitrogen and oxygen atoms in total. The third-order valence-corrected chi connectivity index (χ3v) is 5.62. The van der Waals surface area contributed by atoms with Gasteiger partial charge in [0.05, 0.1) is 11.4 Å². The van der Waals surface area contributed by atoms with E-state index in [1.54, 1.807) is 16.4 Å². The second-order valence-electron chi connectivity index (χ2n) is 7.39. The number of anilines is 1. The average Bonchev–Trinajstić information content (AvgIpc) is 3.49. The van der Waals surface area contributed by atoms with Crippen LogP contribution in [0.5, 0.6) is 0 Å². The van der Waals surface area contributed by atoms with Gasteiger partial charge < -0.3 is 10.6 Å². The van der Waals surface area contributed by atoms with Crippen LogP contribution in [-0.2, 0) is 12.5 Å². The molecule has 1 aliphatic carbocycles. The summed E-state index contributed by atoms with van der Waals surface area (Å²) in [5.41, 5.74) is 2.78. The number of carbonyl (C=O) groups excluding carboxylic acids is 1. The Bertz CT molecular complexity index is 1050. The van der Waals surface area contributed by atoms with Crippen LogP contribution in [0.3, 0.4) is 0 Å². The van der Waals surface area contributed by atoms with Crippen LogP contribution in [0.4, 0.5) is 10.5 Å². The molecule has 6 heteroatoms. The summed E-state index contributed by atoms with van der Waals surface area (Å²) in [7, 11) is 1.81. The summed E-state index contributed by atoms with van der Waals surface area (Å²) in [5.74, 6) is 0. The van der Waals surface area contributed by atoms with E-state index in [1.165, 1.54) is 5.56 Å². The third-order valence-electron chi connectivity index (χ3n) is 5.62. The summed E-state index contributed by atoms with van der Waals surface area (Å²) in [5, 5.41) is 5.70. The Morgan fingerprint density at radius 1 is 1.04 bits per heavy atom. The van der Waals surface area contributed by atoms with Gasteiger partial charge in [0.25, 0.3) is 5.56 Å². The minimum Gasteiger partial charge on any atom is -0.337 e. The molecule has 0 atom stereocenters. The van der Waals surface area contributed by atoms with Crippen molar-refractivity contribution >= 4 is 11.7 Å². The largest absolute Gasteiger partial charge is 0.337 e. The van der Waals surface area contributed by atoms with E-state index in [0.29, 0.717) is 17.9 Å². The number of carbonyl (C=O) groups is 1. The van der Waals surface area contributed by atoms with Crippen LogP contribution in [0.2, 0.25) is 0 Å². The lowest BCUT2D eigenvalue weighted by Gasteiger charge is -2.16. The van der Waals surface area contributed by atoms with Crippen LogP contribution in [0, 0.1) is 6.92 Å². The number of para-hydroxylation sites is 1. The Morgan fingerprint density at radius 2 is 1.64 bits per heavy atom. The molecular formula is C22H24N4O2. The highest BCUT2D eigenvalue weighted by Gasteiger charge is 2.44. The zero-order valence-electron chi connectivity index (χ0n) is 16.1. The van der Waals surface area contributed by atoms with Crippen molar-refractivity contribution in [2.75, 3.05) is 11.9 Å². The summed E-state index contributed by atoms with van der Waals surface area (Å²) < 4.78 is 3.30. The molecule has 28 heavy (non-hydrogen) atoms. The fourth-order valence-electron chi connectivity index (χ4n) is 3.63. The number of nitrogens with one attached hydrogen (secondary N) is 2. The molecule has 0 aliphatic heterocycles. The van der Waals surface area contributed by atoms with Crippen molar-refractivity contribution in [1.29, 1.82) is 0 Å². The van der Waals surface area contributed by atoms with Gasteiger partial charge in [-0.1, -0.05) is 48.5 Å². The molecule has 4 rings (SSSR count). The maximum Gasteiger partial charge on any atom is 0.319 e. The van der Waals surface area contributed by atoms with Crippen LogP contribution in [0.25, 0.3) is 5.69 Å². The third kappa shape index (κ3) is 3.22. The maximum atomic E-state index is 12.9. The smallest absolute Gasteiger partial charge is 0.319 e. The van der Waals surface area contributed by atoms with Crippen LogP contribution in [-0.4, -0.2) is 21.9 Å². The highest BCUT2D eigenvalue weighted by atomic mass is 16.2. The molecule has 0 unspecified atom stereocenters. The summed E-state index contributed by atoms with van der Waals surface area (Å²) >= 11 is 0. The molecule has 0 radical (unpaired) electrons. The topological polar surface area (TPSA) is 68.1 Å². The van der Waals surface area contributed by atoms with E-state index in [9.17, 15) is 9.59 Å². The zero-order chi connectivity index (χ0) is 19.7. The van der Waals surface area contributed by atoms with E-state index in [1.807, 2.05) is 55.5 Å². The first-order valence-corrected chi connectivity index (χ1v) is 9.46. The molecule has 3 aromatic rings. The lowest BCUT2D eigenvalue weighted by atomic mass is 9.96. The van der Waals surface area contributed by atoms with Crippen LogP contribution >= 0.6 is 0 Å². The van der Waals surface area contributed by atoms with Gasteiger partial charge in [-0.05, 0) is 37.5 Å². The lowest BCUT2D eigenvalue weighted by molar-refractivity contribution is 0.251. The summed E-state index contributed by atoms with van der Waals surface area (Å²) in [6.45, 7) is 2.38. The maximum absolute atomic E-state index is 12.9. The monoisotopic (exact) mass is 376 g/mol. The molecule has 1 fully saturated rings. The molecule has 0 saturated heterocycles. The Hall–Kier alpha value is -3.28. The molecule has 1 aliphatic rings. The summed E-state index contributed by atoms with van der Waals surface area (Å²) in [4.78, 5) is 25.4. The van der Waals surface area contributed by atoms with Gasteiger partial charge in [-0.15, -0.1) is 0 Å². The van der Waals surface area contributed by atoms with E-state index in [2.05, 4.69) is 22.8 Å². The quantitative estimate of drug-likeness (QED) is 0.717. The van der Waals surface area contributed by atoms with Crippen molar-refractivity contribution in [3.05, 3.63) is 82.3 Å². The summed E-state index contributed by atoms with van der Waals surface area (Å²) in [6.07, 6.45) is 2.12. The van der Waals surface area contributed by atoms with E-state index in [4.69, 9.17) is 0 Å². The predicted octanol–water partition coefficient (Wildman–Crippen LogP) is 3.34. The Morgan fingerprint density at radius 3 is 2.25 bits per heavy atom. The van der Waals surface area contributed by atoms with E-state index < -0.39 is 0 Å². The predicted molar refractivity (Wildman–Crippen MR) is 110 cm³/mol. The molecule has 0 bridgehead atoms. The summed E-state index contributed by atoms with van der Waals surface area (Å²) in [6, 6.07) is 19.3. The van der Waals surface area contributed by atoms with Gasteiger partial charge >= 0.3 is 6.03 Å². The molecular weight excluding hydrogens is 352 g/mol. The van der Waals surface area contributed by atoms with E-state index in [-0.39, 0.29) is 17.0 Å². The normalized spacial score (nSPS) is 14.5. The van der Waals surface area contributed by atoms with E-state index in [0.717, 1.165) is 18.5 Å². The fourth-order valence-corrected chi connectivity index (χ4v) is 3.63.